The summed E-state index contributed by atoms with van der Waals surface area (Å²) in [5.74, 6) is 0. The number of rotatable bonds is 8. The maximum atomic E-state index is 10.2. The Morgan fingerprint density at radius 1 is 1.36 bits per heavy atom. The molecule has 22 heavy (non-hydrogen) atoms. The van der Waals surface area contributed by atoms with Gasteiger partial charge in [-0.15, -0.1) is 0 Å². The Hall–Kier alpha value is -0.950. The van der Waals surface area contributed by atoms with E-state index in [4.69, 9.17) is 9.47 Å². The number of aromatic nitrogens is 2. The molecule has 0 unspecified atom stereocenters. The fourth-order valence-corrected chi connectivity index (χ4v) is 3.40. The van der Waals surface area contributed by atoms with Gasteiger partial charge in [0.2, 0.25) is 0 Å². The second-order valence-electron chi connectivity index (χ2n) is 6.35. The van der Waals surface area contributed by atoms with Gasteiger partial charge in [-0.05, 0) is 38.3 Å². The minimum Gasteiger partial charge on any atom is -0.389 e. The summed E-state index contributed by atoms with van der Waals surface area (Å²) >= 11 is 0. The van der Waals surface area contributed by atoms with Gasteiger partial charge >= 0.3 is 0 Å². The Morgan fingerprint density at radius 2 is 2.32 bits per heavy atom. The molecule has 1 aromatic rings. The molecule has 1 N–H and O–H groups in total. The molecule has 0 radical (unpaired) electrons. The average Bonchev–Trinajstić information content (AvgIpc) is 3.23. The van der Waals surface area contributed by atoms with Crippen molar-refractivity contribution in [3.63, 3.8) is 0 Å². The zero-order valence-corrected chi connectivity index (χ0v) is 13.1. The van der Waals surface area contributed by atoms with Crippen molar-refractivity contribution in [2.24, 2.45) is 0 Å². The van der Waals surface area contributed by atoms with Gasteiger partial charge in [-0.25, -0.2) is 0 Å². The summed E-state index contributed by atoms with van der Waals surface area (Å²) in [5, 5.41) is 14.5. The van der Waals surface area contributed by atoms with Gasteiger partial charge in [0, 0.05) is 31.6 Å². The SMILES string of the molecule is O[C@H](COC[C@@H]1CCCO1)CN1CCC[C@@H]1Cn1cccn1. The van der Waals surface area contributed by atoms with Crippen LogP contribution in [0.25, 0.3) is 0 Å². The average molecular weight is 309 g/mol. The molecule has 2 aliphatic rings. The highest BCUT2D eigenvalue weighted by Crippen LogP contribution is 2.19. The van der Waals surface area contributed by atoms with Gasteiger partial charge in [-0.3, -0.25) is 9.58 Å². The van der Waals surface area contributed by atoms with Crippen LogP contribution in [-0.2, 0) is 16.0 Å². The van der Waals surface area contributed by atoms with E-state index < -0.39 is 6.10 Å². The van der Waals surface area contributed by atoms with Crippen LogP contribution in [0.15, 0.2) is 18.5 Å². The summed E-state index contributed by atoms with van der Waals surface area (Å²) in [4.78, 5) is 2.36. The molecule has 6 nitrogen and oxygen atoms in total. The van der Waals surface area contributed by atoms with Crippen LogP contribution in [0.3, 0.4) is 0 Å². The van der Waals surface area contributed by atoms with Crippen molar-refractivity contribution in [1.29, 1.82) is 0 Å². The first kappa shape index (κ1) is 15.9. The Balaban J connectivity index is 1.37. The molecule has 6 heteroatoms. The molecule has 1 aromatic heterocycles. The molecule has 124 valence electrons. The Bertz CT molecular complexity index is 420. The molecule has 0 bridgehead atoms. The molecule has 0 aromatic carbocycles. The van der Waals surface area contributed by atoms with E-state index in [1.807, 2.05) is 23.1 Å². The Kier molecular flexibility index (Phi) is 5.83. The molecular formula is C16H27N3O3. The van der Waals surface area contributed by atoms with Crippen molar-refractivity contribution in [2.75, 3.05) is 32.9 Å². The molecule has 3 heterocycles. The predicted octanol–water partition coefficient (Wildman–Crippen LogP) is 0.904. The molecule has 0 amide bonds. The van der Waals surface area contributed by atoms with Gasteiger partial charge in [-0.2, -0.15) is 5.10 Å². The highest BCUT2D eigenvalue weighted by atomic mass is 16.5. The first-order valence-electron chi connectivity index (χ1n) is 8.40. The molecule has 2 saturated heterocycles. The normalized spacial score (nSPS) is 27.5. The fourth-order valence-electron chi connectivity index (χ4n) is 3.40. The van der Waals surface area contributed by atoms with Crippen molar-refractivity contribution in [1.82, 2.24) is 14.7 Å². The van der Waals surface area contributed by atoms with Gasteiger partial charge in [-0.1, -0.05) is 0 Å². The lowest BCUT2D eigenvalue weighted by Gasteiger charge is -2.26. The van der Waals surface area contributed by atoms with Crippen molar-refractivity contribution in [2.45, 2.75) is 50.5 Å². The number of hydrogen-bond donors (Lipinski definition) is 1. The third-order valence-electron chi connectivity index (χ3n) is 4.54. The lowest BCUT2D eigenvalue weighted by molar-refractivity contribution is -0.0265. The maximum Gasteiger partial charge on any atom is 0.0900 e. The van der Waals surface area contributed by atoms with Crippen LogP contribution in [0.1, 0.15) is 25.7 Å². The molecular weight excluding hydrogens is 282 g/mol. The maximum absolute atomic E-state index is 10.2. The van der Waals surface area contributed by atoms with Gasteiger partial charge in [0.1, 0.15) is 0 Å². The summed E-state index contributed by atoms with van der Waals surface area (Å²) in [5.41, 5.74) is 0. The van der Waals surface area contributed by atoms with E-state index in [1.165, 1.54) is 12.8 Å². The standard InChI is InChI=1S/C16H27N3O3/c20-15(12-21-13-16-5-2-9-22-16)11-18-7-1-4-14(18)10-19-8-3-6-17-19/h3,6,8,14-16,20H,1-2,4-5,7,9-13H2/t14-,15+,16+/m1/s1. The summed E-state index contributed by atoms with van der Waals surface area (Å²) in [6.07, 6.45) is 8.17. The molecule has 3 atom stereocenters. The quantitative estimate of drug-likeness (QED) is 0.773. The number of nitrogens with zero attached hydrogens (tertiary/aromatic N) is 3. The largest absolute Gasteiger partial charge is 0.389 e. The summed E-state index contributed by atoms with van der Waals surface area (Å²) < 4.78 is 13.1. The van der Waals surface area contributed by atoms with Crippen LogP contribution in [0, 0.1) is 0 Å². The van der Waals surface area contributed by atoms with E-state index in [0.29, 0.717) is 25.8 Å². The van der Waals surface area contributed by atoms with Gasteiger partial charge in [0.15, 0.2) is 0 Å². The second kappa shape index (κ2) is 8.06. The van der Waals surface area contributed by atoms with Gasteiger partial charge in [0.05, 0.1) is 32.0 Å². The van der Waals surface area contributed by atoms with Crippen molar-refractivity contribution >= 4 is 0 Å². The van der Waals surface area contributed by atoms with Crippen LogP contribution in [0.2, 0.25) is 0 Å². The number of β-amino-alcohol motifs (C(OH)–C–C–N with tert-alkyl or cyclic N) is 1. The smallest absolute Gasteiger partial charge is 0.0900 e. The molecule has 2 aliphatic heterocycles. The number of aliphatic hydroxyl groups excluding tert-OH is 1. The predicted molar refractivity (Wildman–Crippen MR) is 82.6 cm³/mol. The minimum absolute atomic E-state index is 0.228. The third-order valence-corrected chi connectivity index (χ3v) is 4.54. The van der Waals surface area contributed by atoms with E-state index in [0.717, 1.165) is 32.5 Å². The second-order valence-corrected chi connectivity index (χ2v) is 6.35. The first-order chi connectivity index (χ1) is 10.8. The lowest BCUT2D eigenvalue weighted by Crippen LogP contribution is -2.40. The first-order valence-corrected chi connectivity index (χ1v) is 8.40. The number of ether oxygens (including phenoxy) is 2. The number of aliphatic hydroxyl groups is 1. The van der Waals surface area contributed by atoms with Crippen molar-refractivity contribution in [3.05, 3.63) is 18.5 Å². The van der Waals surface area contributed by atoms with E-state index in [-0.39, 0.29) is 6.10 Å². The van der Waals surface area contributed by atoms with E-state index in [9.17, 15) is 5.11 Å². The van der Waals surface area contributed by atoms with Crippen LogP contribution in [-0.4, -0.2) is 70.9 Å². The van der Waals surface area contributed by atoms with Crippen LogP contribution >= 0.6 is 0 Å². The molecule has 0 spiro atoms. The summed E-state index contributed by atoms with van der Waals surface area (Å²) in [6, 6.07) is 2.42. The van der Waals surface area contributed by atoms with Crippen molar-refractivity contribution < 1.29 is 14.6 Å². The summed E-state index contributed by atoms with van der Waals surface area (Å²) in [6.45, 7) is 4.47. The molecule has 0 aliphatic carbocycles. The van der Waals surface area contributed by atoms with Gasteiger partial charge < -0.3 is 14.6 Å². The zero-order chi connectivity index (χ0) is 15.2. The summed E-state index contributed by atoms with van der Waals surface area (Å²) in [7, 11) is 0. The van der Waals surface area contributed by atoms with Gasteiger partial charge in [0.25, 0.3) is 0 Å². The molecule has 0 saturated carbocycles. The minimum atomic E-state index is -0.431. The highest BCUT2D eigenvalue weighted by molar-refractivity contribution is 4.84. The van der Waals surface area contributed by atoms with E-state index in [1.54, 1.807) is 0 Å². The number of likely N-dealkylation sites (tertiary alicyclic amines) is 1. The molecule has 3 rings (SSSR count). The lowest BCUT2D eigenvalue weighted by atomic mass is 10.2. The number of hydrogen-bond acceptors (Lipinski definition) is 5. The van der Waals surface area contributed by atoms with Crippen LogP contribution in [0.4, 0.5) is 0 Å². The topological polar surface area (TPSA) is 59.8 Å². The fraction of sp³-hybridized carbons (Fsp3) is 0.812. The van der Waals surface area contributed by atoms with Crippen molar-refractivity contribution in [3.8, 4) is 0 Å². The Labute approximate surface area is 132 Å². The zero-order valence-electron chi connectivity index (χ0n) is 13.1. The monoisotopic (exact) mass is 309 g/mol. The van der Waals surface area contributed by atoms with E-state index >= 15 is 0 Å². The van der Waals surface area contributed by atoms with Crippen LogP contribution < -0.4 is 0 Å². The Morgan fingerprint density at radius 3 is 3.09 bits per heavy atom. The van der Waals surface area contributed by atoms with Crippen LogP contribution in [0.5, 0.6) is 0 Å². The van der Waals surface area contributed by atoms with E-state index in [2.05, 4.69) is 10.00 Å². The third kappa shape index (κ3) is 4.52. The highest BCUT2D eigenvalue weighted by Gasteiger charge is 2.27. The molecule has 2 fully saturated rings.